The topological polar surface area (TPSA) is 67.4 Å². The Kier molecular flexibility index (Phi) is 5.31. The Morgan fingerprint density at radius 2 is 2.00 bits per heavy atom. The third-order valence-corrected chi connectivity index (χ3v) is 5.67. The minimum atomic E-state index is -0.355. The summed E-state index contributed by atoms with van der Waals surface area (Å²) in [5.41, 5.74) is 2.71. The summed E-state index contributed by atoms with van der Waals surface area (Å²) in [5, 5.41) is 0.362. The van der Waals surface area contributed by atoms with E-state index in [1.807, 2.05) is 53.4 Å². The van der Waals surface area contributed by atoms with Crippen LogP contribution in [0.25, 0.3) is 11.0 Å². The van der Waals surface area contributed by atoms with Crippen molar-refractivity contribution in [2.45, 2.75) is 10.4 Å². The van der Waals surface area contributed by atoms with Crippen LogP contribution in [0, 0.1) is 0 Å². The monoisotopic (exact) mass is 383 g/mol. The maximum atomic E-state index is 13.2. The van der Waals surface area contributed by atoms with Crippen LogP contribution in [0.1, 0.15) is 10.8 Å². The van der Waals surface area contributed by atoms with Crippen molar-refractivity contribution < 1.29 is 14.3 Å². The average Bonchev–Trinajstić information content (AvgIpc) is 3.14. The fraction of sp³-hybridized carbons (Fsp3) is 0.300. The van der Waals surface area contributed by atoms with Gasteiger partial charge in [-0.1, -0.05) is 42.1 Å². The van der Waals surface area contributed by atoms with Crippen LogP contribution in [-0.2, 0) is 9.53 Å². The molecule has 1 unspecified atom stereocenters. The fourth-order valence-corrected chi connectivity index (χ4v) is 4.18. The number of hydrogen-bond donors (Lipinski definition) is 1. The van der Waals surface area contributed by atoms with E-state index in [4.69, 9.17) is 9.47 Å². The zero-order chi connectivity index (χ0) is 18.6. The van der Waals surface area contributed by atoms with E-state index in [1.165, 1.54) is 11.8 Å². The minimum absolute atomic E-state index is 0.0903. The number of H-pyrrole nitrogens is 1. The second-order valence-electron chi connectivity index (χ2n) is 6.27. The third-order valence-electron chi connectivity index (χ3n) is 4.55. The SMILES string of the molecule is COc1ccc2nc(SC(C(=O)N3CCOCC3)c3ccccc3)[nH]c2c1. The van der Waals surface area contributed by atoms with Gasteiger partial charge in [0.15, 0.2) is 5.16 Å². The standard InChI is InChI=1S/C20H21N3O3S/c1-25-15-7-8-16-17(13-15)22-20(21-16)27-18(14-5-3-2-4-6-14)19(24)23-9-11-26-12-10-23/h2-8,13,18H,9-12H2,1H3,(H,21,22). The summed E-state index contributed by atoms with van der Waals surface area (Å²) < 4.78 is 10.7. The average molecular weight is 383 g/mol. The summed E-state index contributed by atoms with van der Waals surface area (Å²) in [6.45, 7) is 2.42. The number of thioether (sulfide) groups is 1. The Hall–Kier alpha value is -2.51. The van der Waals surface area contributed by atoms with Crippen molar-refractivity contribution in [1.82, 2.24) is 14.9 Å². The van der Waals surface area contributed by atoms with Gasteiger partial charge in [0.1, 0.15) is 11.0 Å². The Morgan fingerprint density at radius 3 is 2.74 bits per heavy atom. The van der Waals surface area contributed by atoms with Crippen molar-refractivity contribution in [2.75, 3.05) is 33.4 Å². The quantitative estimate of drug-likeness (QED) is 0.685. The van der Waals surface area contributed by atoms with Crippen LogP contribution < -0.4 is 4.74 Å². The highest BCUT2D eigenvalue weighted by molar-refractivity contribution is 8.00. The number of nitrogens with one attached hydrogen (secondary N) is 1. The van der Waals surface area contributed by atoms with Crippen LogP contribution in [0.2, 0.25) is 0 Å². The first-order valence-electron chi connectivity index (χ1n) is 8.86. The first-order chi connectivity index (χ1) is 13.2. The highest BCUT2D eigenvalue weighted by atomic mass is 32.2. The number of nitrogens with zero attached hydrogens (tertiary/aromatic N) is 2. The summed E-state index contributed by atoms with van der Waals surface area (Å²) >= 11 is 1.44. The molecule has 1 atom stereocenters. The largest absolute Gasteiger partial charge is 0.497 e. The second kappa shape index (κ2) is 8.02. The highest BCUT2D eigenvalue weighted by Crippen LogP contribution is 2.36. The molecule has 2 heterocycles. The van der Waals surface area contributed by atoms with E-state index in [0.29, 0.717) is 31.5 Å². The third kappa shape index (κ3) is 3.94. The molecule has 1 aromatic heterocycles. The van der Waals surface area contributed by atoms with Crippen LogP contribution in [-0.4, -0.2) is 54.2 Å². The first kappa shape index (κ1) is 17.9. The van der Waals surface area contributed by atoms with Gasteiger partial charge in [-0.25, -0.2) is 4.98 Å². The molecule has 1 saturated heterocycles. The second-order valence-corrected chi connectivity index (χ2v) is 7.37. The number of imidazole rings is 1. The number of ether oxygens (including phenoxy) is 2. The number of aromatic nitrogens is 2. The Balaban J connectivity index is 1.63. The number of rotatable bonds is 5. The Labute approximate surface area is 161 Å². The zero-order valence-corrected chi connectivity index (χ0v) is 15.9. The van der Waals surface area contributed by atoms with Crippen molar-refractivity contribution in [1.29, 1.82) is 0 Å². The maximum absolute atomic E-state index is 13.2. The number of fused-ring (bicyclic) bond motifs is 1. The molecule has 27 heavy (non-hydrogen) atoms. The van der Waals surface area contributed by atoms with Gasteiger partial charge in [-0.15, -0.1) is 0 Å². The molecule has 1 aliphatic heterocycles. The van der Waals surface area contributed by atoms with Crippen LogP contribution in [0.15, 0.2) is 53.7 Å². The Bertz CT molecular complexity index is 923. The maximum Gasteiger partial charge on any atom is 0.240 e. The van der Waals surface area contributed by atoms with Crippen LogP contribution in [0.4, 0.5) is 0 Å². The summed E-state index contributed by atoms with van der Waals surface area (Å²) in [5.74, 6) is 0.860. The van der Waals surface area contributed by atoms with Crippen LogP contribution in [0.5, 0.6) is 5.75 Å². The van der Waals surface area contributed by atoms with Gasteiger partial charge in [-0.3, -0.25) is 4.79 Å². The number of amides is 1. The number of carbonyl (C=O) groups excluding carboxylic acids is 1. The molecule has 6 nitrogen and oxygen atoms in total. The summed E-state index contributed by atoms with van der Waals surface area (Å²) in [4.78, 5) is 23.0. The van der Waals surface area contributed by atoms with Gasteiger partial charge in [0, 0.05) is 19.2 Å². The van der Waals surface area contributed by atoms with Crippen LogP contribution >= 0.6 is 11.8 Å². The van der Waals surface area contributed by atoms with Gasteiger partial charge < -0.3 is 19.4 Å². The molecule has 7 heteroatoms. The van der Waals surface area contributed by atoms with Gasteiger partial charge in [0.25, 0.3) is 0 Å². The predicted octanol–water partition coefficient (Wildman–Crippen LogP) is 3.26. The van der Waals surface area contributed by atoms with Gasteiger partial charge in [-0.05, 0) is 17.7 Å². The van der Waals surface area contributed by atoms with E-state index >= 15 is 0 Å². The molecule has 1 aliphatic rings. The summed E-state index contributed by atoms with van der Waals surface area (Å²) in [6, 6.07) is 15.5. The van der Waals surface area contributed by atoms with Gasteiger partial charge in [-0.2, -0.15) is 0 Å². The molecule has 1 amide bonds. The molecule has 4 rings (SSSR count). The molecule has 2 aromatic carbocycles. The first-order valence-corrected chi connectivity index (χ1v) is 9.74. The molecular weight excluding hydrogens is 362 g/mol. The van der Waals surface area contributed by atoms with Crippen molar-refractivity contribution in [3.05, 3.63) is 54.1 Å². The molecule has 0 aliphatic carbocycles. The highest BCUT2D eigenvalue weighted by Gasteiger charge is 2.29. The lowest BCUT2D eigenvalue weighted by atomic mass is 10.1. The van der Waals surface area contributed by atoms with E-state index in [0.717, 1.165) is 22.3 Å². The molecule has 140 valence electrons. The van der Waals surface area contributed by atoms with Crippen molar-refractivity contribution >= 4 is 28.7 Å². The fourth-order valence-electron chi connectivity index (χ4n) is 3.10. The van der Waals surface area contributed by atoms with Crippen molar-refractivity contribution in [2.24, 2.45) is 0 Å². The number of methoxy groups -OCH3 is 1. The molecule has 0 spiro atoms. The smallest absolute Gasteiger partial charge is 0.240 e. The van der Waals surface area contributed by atoms with Gasteiger partial charge in [0.05, 0.1) is 31.4 Å². The molecule has 3 aromatic rings. The van der Waals surface area contributed by atoms with Crippen LogP contribution in [0.3, 0.4) is 0 Å². The zero-order valence-electron chi connectivity index (χ0n) is 15.1. The molecule has 0 bridgehead atoms. The summed E-state index contributed by atoms with van der Waals surface area (Å²) in [7, 11) is 1.64. The van der Waals surface area contributed by atoms with Crippen molar-refractivity contribution in [3.63, 3.8) is 0 Å². The number of aromatic amines is 1. The molecule has 1 fully saturated rings. The molecule has 1 N–H and O–H groups in total. The molecule has 0 saturated carbocycles. The van der Waals surface area contributed by atoms with E-state index in [-0.39, 0.29) is 11.2 Å². The van der Waals surface area contributed by atoms with Gasteiger partial charge in [0.2, 0.25) is 5.91 Å². The van der Waals surface area contributed by atoms with E-state index in [1.54, 1.807) is 7.11 Å². The van der Waals surface area contributed by atoms with Crippen molar-refractivity contribution in [3.8, 4) is 5.75 Å². The van der Waals surface area contributed by atoms with E-state index in [2.05, 4.69) is 9.97 Å². The predicted molar refractivity (Wildman–Crippen MR) is 105 cm³/mol. The Morgan fingerprint density at radius 1 is 1.22 bits per heavy atom. The number of hydrogen-bond acceptors (Lipinski definition) is 5. The van der Waals surface area contributed by atoms with E-state index in [9.17, 15) is 4.79 Å². The lowest BCUT2D eigenvalue weighted by Gasteiger charge is -2.30. The molecule has 0 radical (unpaired) electrons. The van der Waals surface area contributed by atoms with Gasteiger partial charge >= 0.3 is 0 Å². The minimum Gasteiger partial charge on any atom is -0.497 e. The lowest BCUT2D eigenvalue weighted by molar-refractivity contribution is -0.134. The number of carbonyl (C=O) groups is 1. The number of morpholine rings is 1. The summed E-state index contributed by atoms with van der Waals surface area (Å²) in [6.07, 6.45) is 0. The van der Waals surface area contributed by atoms with E-state index < -0.39 is 0 Å². The number of benzene rings is 2. The molecular formula is C20H21N3O3S. The normalized spacial score (nSPS) is 15.7. The lowest BCUT2D eigenvalue weighted by Crippen LogP contribution is -2.42.